The summed E-state index contributed by atoms with van der Waals surface area (Å²) < 4.78 is 16.3. The lowest BCUT2D eigenvalue weighted by molar-refractivity contribution is -0.140. The fourth-order valence-electron chi connectivity index (χ4n) is 5.64. The molecule has 1 aliphatic heterocycles. The summed E-state index contributed by atoms with van der Waals surface area (Å²) in [5.74, 6) is -0.575. The maximum Gasteiger partial charge on any atom is 0.343 e. The highest BCUT2D eigenvalue weighted by Crippen LogP contribution is 2.40. The van der Waals surface area contributed by atoms with Gasteiger partial charge in [0.1, 0.15) is 5.57 Å². The van der Waals surface area contributed by atoms with Crippen LogP contribution >= 0.6 is 0 Å². The predicted molar refractivity (Wildman–Crippen MR) is 149 cm³/mol. The second-order valence-corrected chi connectivity index (χ2v) is 10.4. The summed E-state index contributed by atoms with van der Waals surface area (Å²) in [5, 5.41) is 0. The molecule has 0 N–H and O–H groups in total. The Hall–Kier alpha value is -2.51. The highest BCUT2D eigenvalue weighted by molar-refractivity contribution is 6.18. The number of hydrogen-bond donors (Lipinski definition) is 0. The number of ether oxygens (including phenoxy) is 3. The molecule has 206 valence electrons. The first-order valence-electron chi connectivity index (χ1n) is 13.4. The van der Waals surface area contributed by atoms with Gasteiger partial charge in [-0.15, -0.1) is 0 Å². The lowest BCUT2D eigenvalue weighted by Gasteiger charge is -2.48. The molecule has 0 amide bonds. The summed E-state index contributed by atoms with van der Waals surface area (Å²) in [6.45, 7) is 13.8. The Kier molecular flexibility index (Phi) is 11.5. The van der Waals surface area contributed by atoms with E-state index in [0.717, 1.165) is 35.3 Å². The molecule has 3 atom stereocenters. The zero-order valence-corrected chi connectivity index (χ0v) is 24.2. The van der Waals surface area contributed by atoms with Crippen molar-refractivity contribution in [1.29, 1.82) is 0 Å². The van der Waals surface area contributed by atoms with E-state index in [-0.39, 0.29) is 47.8 Å². The van der Waals surface area contributed by atoms with Gasteiger partial charge in [0.05, 0.1) is 31.6 Å². The zero-order chi connectivity index (χ0) is 27.8. The van der Waals surface area contributed by atoms with Gasteiger partial charge in [0.25, 0.3) is 0 Å². The van der Waals surface area contributed by atoms with E-state index >= 15 is 0 Å². The summed E-state index contributed by atoms with van der Waals surface area (Å²) in [6.07, 6.45) is 9.82. The SMILES string of the molecule is CCOC(=O)C1=CN(C(CC)C(C)(C)COC)C(/C(=C2\C=CC=C(COC)\C2=N\C)C(C)CC)CC1=O. The molecule has 1 heterocycles. The molecule has 7 heteroatoms. The van der Waals surface area contributed by atoms with Crippen LogP contribution < -0.4 is 0 Å². The van der Waals surface area contributed by atoms with Crippen molar-refractivity contribution in [3.05, 3.63) is 46.7 Å². The van der Waals surface area contributed by atoms with E-state index in [0.29, 0.717) is 13.2 Å². The molecule has 0 saturated carbocycles. The second-order valence-electron chi connectivity index (χ2n) is 10.4. The van der Waals surface area contributed by atoms with Crippen molar-refractivity contribution in [1.82, 2.24) is 4.90 Å². The summed E-state index contributed by atoms with van der Waals surface area (Å²) in [6, 6.07) is -0.224. The number of allylic oxidation sites excluding steroid dienone is 4. The smallest absolute Gasteiger partial charge is 0.343 e. The lowest BCUT2D eigenvalue weighted by Crippen LogP contribution is -2.53. The van der Waals surface area contributed by atoms with Crippen LogP contribution in [0.15, 0.2) is 51.7 Å². The van der Waals surface area contributed by atoms with Gasteiger partial charge in [-0.3, -0.25) is 9.79 Å². The van der Waals surface area contributed by atoms with Crippen LogP contribution in [-0.2, 0) is 23.8 Å². The number of Topliss-reactive ketones (excluding diaryl/α,β-unsaturated/α-hetero) is 1. The molecule has 0 aromatic heterocycles. The quantitative estimate of drug-likeness (QED) is 0.267. The van der Waals surface area contributed by atoms with E-state index in [2.05, 4.69) is 50.6 Å². The molecule has 0 radical (unpaired) electrons. The van der Waals surface area contributed by atoms with Gasteiger partial charge in [-0.05, 0) is 31.3 Å². The number of nitrogens with zero attached hydrogens (tertiary/aromatic N) is 2. The number of carbonyl (C=O) groups excluding carboxylic acids is 2. The van der Waals surface area contributed by atoms with E-state index in [9.17, 15) is 9.59 Å². The highest BCUT2D eigenvalue weighted by Gasteiger charge is 2.43. The molecule has 2 rings (SSSR count). The molecular formula is C30H46N2O5. The second kappa shape index (κ2) is 13.9. The van der Waals surface area contributed by atoms with Crippen LogP contribution in [0.3, 0.4) is 0 Å². The van der Waals surface area contributed by atoms with Crippen LogP contribution in [0, 0.1) is 11.3 Å². The highest BCUT2D eigenvalue weighted by atomic mass is 16.5. The third-order valence-corrected chi connectivity index (χ3v) is 7.43. The number of esters is 1. The molecule has 0 saturated heterocycles. The lowest BCUT2D eigenvalue weighted by atomic mass is 9.76. The van der Waals surface area contributed by atoms with Crippen LogP contribution in [0.5, 0.6) is 0 Å². The van der Waals surface area contributed by atoms with Gasteiger partial charge in [-0.25, -0.2) is 4.79 Å². The zero-order valence-electron chi connectivity index (χ0n) is 24.2. The minimum Gasteiger partial charge on any atom is -0.462 e. The Morgan fingerprint density at radius 1 is 1.19 bits per heavy atom. The van der Waals surface area contributed by atoms with Crippen molar-refractivity contribution in [3.8, 4) is 0 Å². The van der Waals surface area contributed by atoms with Crippen molar-refractivity contribution >= 4 is 17.5 Å². The van der Waals surface area contributed by atoms with Crippen LogP contribution in [0.1, 0.15) is 60.8 Å². The van der Waals surface area contributed by atoms with E-state index in [4.69, 9.17) is 14.2 Å². The number of methoxy groups -OCH3 is 2. The first-order chi connectivity index (χ1) is 17.6. The summed E-state index contributed by atoms with van der Waals surface area (Å²) >= 11 is 0. The Morgan fingerprint density at radius 3 is 2.43 bits per heavy atom. The molecule has 1 aliphatic carbocycles. The van der Waals surface area contributed by atoms with Crippen molar-refractivity contribution in [2.45, 2.75) is 72.9 Å². The van der Waals surface area contributed by atoms with Gasteiger partial charge in [0.15, 0.2) is 5.78 Å². The molecule has 0 fully saturated rings. The number of carbonyl (C=O) groups is 2. The van der Waals surface area contributed by atoms with E-state index < -0.39 is 5.97 Å². The predicted octanol–water partition coefficient (Wildman–Crippen LogP) is 5.08. The first-order valence-corrected chi connectivity index (χ1v) is 13.4. The van der Waals surface area contributed by atoms with E-state index in [1.54, 1.807) is 34.4 Å². The molecule has 7 nitrogen and oxygen atoms in total. The maximum atomic E-state index is 13.4. The molecule has 0 bridgehead atoms. The van der Waals surface area contributed by atoms with Gasteiger partial charge in [0, 0.05) is 56.5 Å². The molecule has 0 spiro atoms. The van der Waals surface area contributed by atoms with Crippen molar-refractivity contribution < 1.29 is 23.8 Å². The average molecular weight is 515 g/mol. The first kappa shape index (κ1) is 30.7. The minimum absolute atomic E-state index is 0.0122. The summed E-state index contributed by atoms with van der Waals surface area (Å²) in [4.78, 5) is 33.1. The van der Waals surface area contributed by atoms with Crippen molar-refractivity contribution in [2.24, 2.45) is 16.3 Å². The van der Waals surface area contributed by atoms with Gasteiger partial charge in [-0.2, -0.15) is 0 Å². The van der Waals surface area contributed by atoms with Crippen molar-refractivity contribution in [3.63, 3.8) is 0 Å². The molecular weight excluding hydrogens is 468 g/mol. The molecule has 2 aliphatic rings. The molecule has 0 aromatic rings. The fourth-order valence-corrected chi connectivity index (χ4v) is 5.64. The Balaban J connectivity index is 2.82. The molecule has 0 aromatic carbocycles. The number of hydrogen-bond acceptors (Lipinski definition) is 7. The summed E-state index contributed by atoms with van der Waals surface area (Å²) in [5.41, 5.74) is 3.95. The fraction of sp³-hybridized carbons (Fsp3) is 0.633. The Morgan fingerprint density at radius 2 is 1.89 bits per heavy atom. The van der Waals surface area contributed by atoms with Crippen LogP contribution in [0.25, 0.3) is 0 Å². The van der Waals surface area contributed by atoms with Crippen LogP contribution in [0.4, 0.5) is 0 Å². The topological polar surface area (TPSA) is 77.4 Å². The molecule has 3 unspecified atom stereocenters. The van der Waals surface area contributed by atoms with Gasteiger partial charge in [-0.1, -0.05) is 52.8 Å². The standard InChI is InChI=1S/C30H46N2O5/c1-10-20(4)27(22-15-13-14-21(18-35-8)28(22)31-7)24-16-25(33)23(29(34)37-12-3)17-32(24)26(11-2)30(5,6)19-36-9/h13-15,17,20,24,26H,10-12,16,18-19H2,1-9H3/b27-22+,31-28-. The number of ketones is 1. The largest absolute Gasteiger partial charge is 0.462 e. The maximum absolute atomic E-state index is 13.4. The summed E-state index contributed by atoms with van der Waals surface area (Å²) in [7, 11) is 5.18. The van der Waals surface area contributed by atoms with E-state index in [1.165, 1.54) is 0 Å². The average Bonchev–Trinajstić information content (AvgIpc) is 2.85. The van der Waals surface area contributed by atoms with Crippen LogP contribution in [0.2, 0.25) is 0 Å². The third-order valence-electron chi connectivity index (χ3n) is 7.43. The minimum atomic E-state index is -0.563. The third kappa shape index (κ3) is 6.88. The van der Waals surface area contributed by atoms with Gasteiger partial charge < -0.3 is 19.1 Å². The van der Waals surface area contributed by atoms with Gasteiger partial charge >= 0.3 is 5.97 Å². The number of rotatable bonds is 12. The Bertz CT molecular complexity index is 986. The number of aliphatic imine (C=N–C) groups is 1. The van der Waals surface area contributed by atoms with Crippen LogP contribution in [-0.4, -0.2) is 75.5 Å². The van der Waals surface area contributed by atoms with Crippen molar-refractivity contribution in [2.75, 3.05) is 41.1 Å². The molecule has 37 heavy (non-hydrogen) atoms. The Labute approximate surface area is 223 Å². The van der Waals surface area contributed by atoms with E-state index in [1.807, 2.05) is 12.2 Å². The normalized spacial score (nSPS) is 22.5. The van der Waals surface area contributed by atoms with Gasteiger partial charge in [0.2, 0.25) is 0 Å². The monoisotopic (exact) mass is 514 g/mol.